The molecule has 0 bridgehead atoms. The van der Waals surface area contributed by atoms with E-state index in [0.29, 0.717) is 11.9 Å². The minimum atomic E-state index is 0.0874. The van der Waals surface area contributed by atoms with Crippen LogP contribution in [0.25, 0.3) is 11.4 Å². The van der Waals surface area contributed by atoms with Crippen LogP contribution in [0.2, 0.25) is 0 Å². The highest BCUT2D eigenvalue weighted by molar-refractivity contribution is 5.76. The maximum absolute atomic E-state index is 12.5. The van der Waals surface area contributed by atoms with Crippen molar-refractivity contribution in [1.29, 1.82) is 0 Å². The van der Waals surface area contributed by atoms with Crippen molar-refractivity contribution < 1.29 is 4.79 Å². The number of rotatable bonds is 4. The lowest BCUT2D eigenvalue weighted by molar-refractivity contribution is -0.136. The van der Waals surface area contributed by atoms with Crippen LogP contribution < -0.4 is 0 Å². The molecule has 1 fully saturated rings. The molecule has 2 aromatic rings. The van der Waals surface area contributed by atoms with Gasteiger partial charge < -0.3 is 4.90 Å². The third-order valence-electron chi connectivity index (χ3n) is 4.46. The molecule has 23 heavy (non-hydrogen) atoms. The van der Waals surface area contributed by atoms with Crippen LogP contribution in [-0.2, 0) is 11.3 Å². The van der Waals surface area contributed by atoms with E-state index >= 15 is 0 Å². The zero-order valence-corrected chi connectivity index (χ0v) is 13.8. The van der Waals surface area contributed by atoms with Crippen molar-refractivity contribution in [3.05, 3.63) is 29.8 Å². The third kappa shape index (κ3) is 3.57. The Hall–Kier alpha value is -2.24. The van der Waals surface area contributed by atoms with Gasteiger partial charge in [0.2, 0.25) is 11.7 Å². The molecule has 3 rings (SSSR count). The van der Waals surface area contributed by atoms with E-state index in [4.69, 9.17) is 0 Å². The van der Waals surface area contributed by atoms with Gasteiger partial charge in [-0.1, -0.05) is 36.8 Å². The summed E-state index contributed by atoms with van der Waals surface area (Å²) in [4.78, 5) is 15.9. The number of hydrogen-bond acceptors (Lipinski definition) is 4. The number of benzene rings is 1. The Balaban J connectivity index is 1.68. The molecule has 2 heterocycles. The molecule has 1 aliphatic heterocycles. The summed E-state index contributed by atoms with van der Waals surface area (Å²) in [6.07, 6.45) is 4.40. The first-order valence-electron chi connectivity index (χ1n) is 8.31. The van der Waals surface area contributed by atoms with Gasteiger partial charge in [-0.2, -0.15) is 4.80 Å². The van der Waals surface area contributed by atoms with Crippen LogP contribution in [0.15, 0.2) is 24.3 Å². The number of likely N-dealkylation sites (tertiary alicyclic amines) is 1. The van der Waals surface area contributed by atoms with Gasteiger partial charge in [0.15, 0.2) is 0 Å². The zero-order valence-electron chi connectivity index (χ0n) is 13.8. The van der Waals surface area contributed by atoms with Crippen LogP contribution >= 0.6 is 0 Å². The molecule has 122 valence electrons. The fourth-order valence-electron chi connectivity index (χ4n) is 3.09. The molecular weight excluding hydrogens is 290 g/mol. The summed E-state index contributed by atoms with van der Waals surface area (Å²) in [5.74, 6) is 0.646. The molecule has 1 aliphatic rings. The first-order chi connectivity index (χ1) is 11.2. The van der Waals surface area contributed by atoms with Gasteiger partial charge in [-0.25, -0.2) is 0 Å². The Morgan fingerprint density at radius 3 is 2.78 bits per heavy atom. The van der Waals surface area contributed by atoms with E-state index in [9.17, 15) is 4.79 Å². The molecule has 6 nitrogen and oxygen atoms in total. The molecule has 0 spiro atoms. The number of aryl methyl sites for hydroxylation is 1. The fraction of sp³-hybridized carbons (Fsp3) is 0.529. The van der Waals surface area contributed by atoms with Crippen molar-refractivity contribution in [2.75, 3.05) is 6.54 Å². The number of aromatic nitrogens is 4. The molecule has 0 unspecified atom stereocenters. The molecule has 1 amide bonds. The van der Waals surface area contributed by atoms with E-state index in [1.54, 1.807) is 0 Å². The summed E-state index contributed by atoms with van der Waals surface area (Å²) in [6.45, 7) is 5.18. The number of tetrazole rings is 1. The summed E-state index contributed by atoms with van der Waals surface area (Å²) < 4.78 is 0. The fourth-order valence-corrected chi connectivity index (χ4v) is 3.09. The van der Waals surface area contributed by atoms with Crippen LogP contribution in [0.3, 0.4) is 0 Å². The Bertz CT molecular complexity index is 664. The molecule has 0 radical (unpaired) electrons. The van der Waals surface area contributed by atoms with Crippen molar-refractivity contribution in [3.8, 4) is 11.4 Å². The highest BCUT2D eigenvalue weighted by Gasteiger charge is 2.25. The van der Waals surface area contributed by atoms with E-state index in [0.717, 1.165) is 31.4 Å². The van der Waals surface area contributed by atoms with Crippen molar-refractivity contribution >= 4 is 5.91 Å². The van der Waals surface area contributed by atoms with E-state index in [-0.39, 0.29) is 12.5 Å². The Labute approximate surface area is 136 Å². The summed E-state index contributed by atoms with van der Waals surface area (Å²) in [5.41, 5.74) is 2.10. The minimum Gasteiger partial charge on any atom is -0.338 e. The van der Waals surface area contributed by atoms with Crippen LogP contribution in [0, 0.1) is 6.92 Å². The zero-order chi connectivity index (χ0) is 16.2. The Morgan fingerprint density at radius 1 is 1.26 bits per heavy atom. The molecule has 1 atom stereocenters. The molecule has 6 heteroatoms. The summed E-state index contributed by atoms with van der Waals surface area (Å²) in [6, 6.07) is 8.32. The van der Waals surface area contributed by atoms with Gasteiger partial charge in [0.25, 0.3) is 0 Å². The van der Waals surface area contributed by atoms with E-state index in [1.807, 2.05) is 36.1 Å². The monoisotopic (exact) mass is 313 g/mol. The first-order valence-corrected chi connectivity index (χ1v) is 8.31. The predicted molar refractivity (Wildman–Crippen MR) is 87.6 cm³/mol. The van der Waals surface area contributed by atoms with Crippen LogP contribution in [-0.4, -0.2) is 43.6 Å². The second-order valence-corrected chi connectivity index (χ2v) is 6.15. The summed E-state index contributed by atoms with van der Waals surface area (Å²) in [5, 5.41) is 12.4. The highest BCUT2D eigenvalue weighted by Crippen LogP contribution is 2.20. The lowest BCUT2D eigenvalue weighted by Crippen LogP contribution is -2.45. The van der Waals surface area contributed by atoms with Crippen molar-refractivity contribution in [3.63, 3.8) is 0 Å². The van der Waals surface area contributed by atoms with Crippen molar-refractivity contribution in [2.24, 2.45) is 0 Å². The second-order valence-electron chi connectivity index (χ2n) is 6.15. The predicted octanol–water partition coefficient (Wildman–Crippen LogP) is 2.44. The molecule has 0 saturated carbocycles. The van der Waals surface area contributed by atoms with Gasteiger partial charge in [-0.3, -0.25) is 4.79 Å². The molecule has 0 N–H and O–H groups in total. The van der Waals surface area contributed by atoms with E-state index < -0.39 is 0 Å². The van der Waals surface area contributed by atoms with Gasteiger partial charge in [-0.05, 0) is 37.8 Å². The van der Waals surface area contributed by atoms with Gasteiger partial charge in [0.05, 0.1) is 0 Å². The molecule has 1 aromatic carbocycles. The maximum atomic E-state index is 12.5. The average Bonchev–Trinajstić information content (AvgIpc) is 3.04. The topological polar surface area (TPSA) is 63.9 Å². The number of amides is 1. The number of piperidine rings is 1. The standard InChI is InChI=1S/C17H23N5O/c1-3-15-6-4-5-11-21(15)16(23)12-22-19-17(18-20-22)14-9-7-13(2)8-10-14/h7-10,15H,3-6,11-12H2,1-2H3/t15-/m1/s1. The largest absolute Gasteiger partial charge is 0.338 e. The Morgan fingerprint density at radius 2 is 2.04 bits per heavy atom. The van der Waals surface area contributed by atoms with Crippen molar-refractivity contribution in [1.82, 2.24) is 25.1 Å². The average molecular weight is 313 g/mol. The molecule has 1 saturated heterocycles. The molecular formula is C17H23N5O. The minimum absolute atomic E-state index is 0.0874. The smallest absolute Gasteiger partial charge is 0.246 e. The SMILES string of the molecule is CC[C@@H]1CCCCN1C(=O)Cn1nnc(-c2ccc(C)cc2)n1. The number of hydrogen-bond donors (Lipinski definition) is 0. The lowest BCUT2D eigenvalue weighted by Gasteiger charge is -2.35. The maximum Gasteiger partial charge on any atom is 0.246 e. The number of carbonyl (C=O) groups excluding carboxylic acids is 1. The van der Waals surface area contributed by atoms with Crippen molar-refractivity contribution in [2.45, 2.75) is 52.1 Å². The van der Waals surface area contributed by atoms with E-state index in [2.05, 4.69) is 22.3 Å². The second kappa shape index (κ2) is 6.89. The Kier molecular flexibility index (Phi) is 4.69. The van der Waals surface area contributed by atoms with Gasteiger partial charge in [-0.15, -0.1) is 10.2 Å². The highest BCUT2D eigenvalue weighted by atomic mass is 16.2. The molecule has 1 aromatic heterocycles. The van der Waals surface area contributed by atoms with Crippen LogP contribution in [0.5, 0.6) is 0 Å². The van der Waals surface area contributed by atoms with Gasteiger partial charge in [0, 0.05) is 18.2 Å². The van der Waals surface area contributed by atoms with Crippen LogP contribution in [0.1, 0.15) is 38.2 Å². The number of carbonyl (C=O) groups is 1. The normalized spacial score (nSPS) is 18.2. The van der Waals surface area contributed by atoms with Gasteiger partial charge in [0.1, 0.15) is 6.54 Å². The summed E-state index contributed by atoms with van der Waals surface area (Å²) in [7, 11) is 0. The van der Waals surface area contributed by atoms with E-state index in [1.165, 1.54) is 16.8 Å². The summed E-state index contributed by atoms with van der Waals surface area (Å²) >= 11 is 0. The van der Waals surface area contributed by atoms with Gasteiger partial charge >= 0.3 is 0 Å². The quantitative estimate of drug-likeness (QED) is 0.869. The molecule has 0 aliphatic carbocycles. The van der Waals surface area contributed by atoms with Crippen LogP contribution in [0.4, 0.5) is 0 Å². The lowest BCUT2D eigenvalue weighted by atomic mass is 10.00. The number of nitrogens with zero attached hydrogens (tertiary/aromatic N) is 5. The third-order valence-corrected chi connectivity index (χ3v) is 4.46. The first kappa shape index (κ1) is 15.6.